The fourth-order valence-corrected chi connectivity index (χ4v) is 9.59. The lowest BCUT2D eigenvalue weighted by Gasteiger charge is -2.30. The lowest BCUT2D eigenvalue weighted by Crippen LogP contribution is -2.17. The summed E-state index contributed by atoms with van der Waals surface area (Å²) in [7, 11) is 0. The fourth-order valence-electron chi connectivity index (χ4n) is 9.59. The molecule has 3 nitrogen and oxygen atoms in total. The minimum Gasteiger partial charge on any atom is -0.310 e. The molecule has 2 atom stereocenters. The molecule has 0 aliphatic heterocycles. The quantitative estimate of drug-likeness (QED) is 0.132. The zero-order valence-electron chi connectivity index (χ0n) is 30.7. The lowest BCUT2D eigenvalue weighted by molar-refractivity contribution is 0.0988. The van der Waals surface area contributed by atoms with Gasteiger partial charge in [0.1, 0.15) is 0 Å². The molecule has 0 aromatic heterocycles. The molecule has 4 aliphatic carbocycles. The number of benzene rings is 7. The molecular weight excluding hydrogens is 671 g/mol. The van der Waals surface area contributed by atoms with Gasteiger partial charge in [-0.15, -0.1) is 0 Å². The van der Waals surface area contributed by atoms with Crippen molar-refractivity contribution in [1.29, 1.82) is 0 Å². The number of nitrogens with zero attached hydrogens (tertiary/aromatic N) is 1. The van der Waals surface area contributed by atoms with Gasteiger partial charge in [0.15, 0.2) is 11.6 Å². The van der Waals surface area contributed by atoms with Gasteiger partial charge in [-0.2, -0.15) is 0 Å². The summed E-state index contributed by atoms with van der Waals surface area (Å²) in [4.78, 5) is 29.8. The van der Waals surface area contributed by atoms with Gasteiger partial charge in [-0.25, -0.2) is 0 Å². The molecule has 3 heteroatoms. The molecule has 0 spiro atoms. The molecule has 7 aromatic carbocycles. The van der Waals surface area contributed by atoms with Crippen LogP contribution < -0.4 is 4.90 Å². The van der Waals surface area contributed by atoms with E-state index in [2.05, 4.69) is 140 Å². The summed E-state index contributed by atoms with van der Waals surface area (Å²) in [5.74, 6) is 0.280. The lowest BCUT2D eigenvalue weighted by atomic mass is 9.82. The molecule has 0 amide bonds. The largest absolute Gasteiger partial charge is 0.310 e. The number of Topliss-reactive ketones (excluding diaryl/α,β-unsaturated/α-hetero) is 2. The van der Waals surface area contributed by atoms with Crippen LogP contribution in [0.25, 0.3) is 39.1 Å². The fraction of sp³-hybridized carbons (Fsp3) is 0.115. The van der Waals surface area contributed by atoms with Crippen LogP contribution in [0.3, 0.4) is 0 Å². The molecule has 0 N–H and O–H groups in total. The van der Waals surface area contributed by atoms with E-state index in [1.54, 1.807) is 0 Å². The molecule has 11 rings (SSSR count). The minimum absolute atomic E-state index is 0.129. The maximum atomic E-state index is 13.7. The van der Waals surface area contributed by atoms with Gasteiger partial charge in [0, 0.05) is 33.5 Å². The molecule has 55 heavy (non-hydrogen) atoms. The van der Waals surface area contributed by atoms with Crippen LogP contribution in [0.15, 0.2) is 169 Å². The molecule has 4 aliphatic rings. The summed E-state index contributed by atoms with van der Waals surface area (Å²) in [6.45, 7) is 4.67. The number of hydrogen-bond donors (Lipinski definition) is 0. The van der Waals surface area contributed by atoms with E-state index in [4.69, 9.17) is 0 Å². The van der Waals surface area contributed by atoms with E-state index in [1.807, 2.05) is 42.5 Å². The zero-order valence-corrected chi connectivity index (χ0v) is 30.7. The van der Waals surface area contributed by atoms with Gasteiger partial charge in [0.2, 0.25) is 0 Å². The molecule has 1 fully saturated rings. The monoisotopic (exact) mass is 707 g/mol. The Labute approximate surface area is 320 Å². The smallest absolute Gasteiger partial charge is 0.197 e. The first kappa shape index (κ1) is 31.9. The Morgan fingerprint density at radius 1 is 0.564 bits per heavy atom. The van der Waals surface area contributed by atoms with Crippen LogP contribution in [0.5, 0.6) is 0 Å². The van der Waals surface area contributed by atoms with Crippen molar-refractivity contribution < 1.29 is 9.59 Å². The third kappa shape index (κ3) is 4.82. The van der Waals surface area contributed by atoms with E-state index in [-0.39, 0.29) is 28.5 Å². The number of carbonyl (C=O) groups is 2. The maximum absolute atomic E-state index is 13.7. The van der Waals surface area contributed by atoms with Gasteiger partial charge in [-0.05, 0) is 122 Å². The van der Waals surface area contributed by atoms with E-state index in [0.29, 0.717) is 17.0 Å². The van der Waals surface area contributed by atoms with Crippen molar-refractivity contribution in [3.05, 3.63) is 202 Å². The van der Waals surface area contributed by atoms with Crippen LogP contribution in [0.4, 0.5) is 17.1 Å². The second-order valence-electron chi connectivity index (χ2n) is 16.0. The summed E-state index contributed by atoms with van der Waals surface area (Å²) < 4.78 is 0. The number of fused-ring (bicyclic) bond motifs is 8. The van der Waals surface area contributed by atoms with Gasteiger partial charge >= 0.3 is 0 Å². The van der Waals surface area contributed by atoms with Crippen molar-refractivity contribution >= 4 is 45.5 Å². The van der Waals surface area contributed by atoms with Crippen molar-refractivity contribution in [2.24, 2.45) is 5.92 Å². The average Bonchev–Trinajstić information content (AvgIpc) is 3.96. The maximum Gasteiger partial charge on any atom is 0.197 e. The molecule has 262 valence electrons. The topological polar surface area (TPSA) is 37.4 Å². The SMILES string of the molecule is CC1(C)c2ccccc2-c2ccc(N(c3ccc4c(c3)C3CC3C(C=C3C(=O)c5cc6ccccc6cc5C3=O)=C4)c3ccccc3-c3ccccc3)cc21. The van der Waals surface area contributed by atoms with E-state index < -0.39 is 0 Å². The number of ketones is 2. The average molecular weight is 708 g/mol. The Hall–Kier alpha value is -6.58. The van der Waals surface area contributed by atoms with E-state index in [0.717, 1.165) is 45.4 Å². The van der Waals surface area contributed by atoms with Crippen LogP contribution in [-0.4, -0.2) is 11.6 Å². The third-order valence-corrected chi connectivity index (χ3v) is 12.5. The van der Waals surface area contributed by atoms with Gasteiger partial charge in [0.05, 0.1) is 11.3 Å². The van der Waals surface area contributed by atoms with Crippen molar-refractivity contribution in [2.45, 2.75) is 31.6 Å². The minimum atomic E-state index is -0.168. The van der Waals surface area contributed by atoms with Gasteiger partial charge < -0.3 is 4.90 Å². The Balaban J connectivity index is 1.02. The Morgan fingerprint density at radius 2 is 1.18 bits per heavy atom. The van der Waals surface area contributed by atoms with Crippen molar-refractivity contribution in [3.8, 4) is 22.3 Å². The summed E-state index contributed by atoms with van der Waals surface area (Å²) in [6, 6.07) is 53.6. The Morgan fingerprint density at radius 3 is 1.95 bits per heavy atom. The predicted octanol–water partition coefficient (Wildman–Crippen LogP) is 12.8. The first-order valence-electron chi connectivity index (χ1n) is 19.2. The zero-order chi connectivity index (χ0) is 37.0. The first-order chi connectivity index (χ1) is 26.8. The second-order valence-corrected chi connectivity index (χ2v) is 16.0. The van der Waals surface area contributed by atoms with E-state index >= 15 is 0 Å². The molecule has 0 radical (unpaired) electrons. The summed E-state index contributed by atoms with van der Waals surface area (Å²) in [6.07, 6.45) is 5.10. The standard InChI is InChI=1S/C52H37NO2/c1-52(2)47-18-10-8-17-39(47)40-23-22-37(29-48(40)52)53(49-19-11-9-16-38(49)31-12-4-3-5-13-31)36-21-20-34-24-35(42-30-43(42)41(34)28-36)27-46-50(54)44-25-32-14-6-7-15-33(32)26-45(44)51(46)55/h3-29,42-43H,30H2,1-2H3. The summed E-state index contributed by atoms with van der Waals surface area (Å²) in [5, 5.41) is 1.95. The summed E-state index contributed by atoms with van der Waals surface area (Å²) in [5.41, 5.74) is 15.7. The molecule has 0 saturated heterocycles. The van der Waals surface area contributed by atoms with Crippen LogP contribution in [0, 0.1) is 5.92 Å². The molecular formula is C52H37NO2. The van der Waals surface area contributed by atoms with Crippen LogP contribution in [0.1, 0.15) is 69.2 Å². The molecule has 7 aromatic rings. The normalized spacial score (nSPS) is 18.2. The first-order valence-corrected chi connectivity index (χ1v) is 19.2. The highest BCUT2D eigenvalue weighted by atomic mass is 16.2. The number of para-hydroxylation sites is 1. The molecule has 0 heterocycles. The number of hydrogen-bond acceptors (Lipinski definition) is 3. The van der Waals surface area contributed by atoms with E-state index in [1.165, 1.54) is 38.9 Å². The number of anilines is 3. The van der Waals surface area contributed by atoms with Crippen LogP contribution >= 0.6 is 0 Å². The third-order valence-electron chi connectivity index (χ3n) is 12.5. The number of rotatable bonds is 5. The number of allylic oxidation sites excluding steroid dienone is 3. The van der Waals surface area contributed by atoms with Crippen LogP contribution in [-0.2, 0) is 5.41 Å². The molecule has 2 unspecified atom stereocenters. The molecule has 1 saturated carbocycles. The van der Waals surface area contributed by atoms with Gasteiger partial charge in [-0.1, -0.05) is 129 Å². The van der Waals surface area contributed by atoms with Crippen molar-refractivity contribution in [3.63, 3.8) is 0 Å². The number of carbonyl (C=O) groups excluding carboxylic acids is 2. The molecule has 0 bridgehead atoms. The van der Waals surface area contributed by atoms with Gasteiger partial charge in [0.25, 0.3) is 0 Å². The summed E-state index contributed by atoms with van der Waals surface area (Å²) >= 11 is 0. The van der Waals surface area contributed by atoms with Crippen molar-refractivity contribution in [2.75, 3.05) is 4.90 Å². The van der Waals surface area contributed by atoms with Crippen molar-refractivity contribution in [1.82, 2.24) is 0 Å². The van der Waals surface area contributed by atoms with Gasteiger partial charge in [-0.3, -0.25) is 9.59 Å². The highest BCUT2D eigenvalue weighted by Crippen LogP contribution is 2.58. The Kier molecular flexibility index (Phi) is 6.79. The Bertz CT molecular complexity index is 2820. The van der Waals surface area contributed by atoms with Crippen LogP contribution in [0.2, 0.25) is 0 Å². The second kappa shape index (κ2) is 11.7. The van der Waals surface area contributed by atoms with E-state index in [9.17, 15) is 9.59 Å². The predicted molar refractivity (Wildman–Crippen MR) is 224 cm³/mol. The highest BCUT2D eigenvalue weighted by Gasteiger charge is 2.45. The highest BCUT2D eigenvalue weighted by molar-refractivity contribution is 6.40.